The minimum Gasteiger partial charge on any atom is -0.306 e. The second kappa shape index (κ2) is 27.9. The monoisotopic (exact) mass is 639 g/mol. The summed E-state index contributed by atoms with van der Waals surface area (Å²) in [7, 11) is 4.37. The van der Waals surface area contributed by atoms with Crippen LogP contribution in [0.1, 0.15) is 60.1 Å². The minimum absolute atomic E-state index is 1.07. The van der Waals surface area contributed by atoms with Crippen molar-refractivity contribution in [2.24, 2.45) is 0 Å². The summed E-state index contributed by atoms with van der Waals surface area (Å²) in [6, 6.07) is 13.7. The van der Waals surface area contributed by atoms with E-state index in [1.807, 2.05) is 89.5 Å². The fraction of sp³-hybridized carbons (Fsp3) is 0.421. The van der Waals surface area contributed by atoms with Gasteiger partial charge in [0.15, 0.2) is 0 Å². The lowest BCUT2D eigenvalue weighted by molar-refractivity contribution is 0.277. The number of pyridine rings is 3. The number of H-pyrrole nitrogens is 1. The zero-order valence-corrected chi connectivity index (χ0v) is 29.8. The van der Waals surface area contributed by atoms with Crippen molar-refractivity contribution in [2.75, 3.05) is 40.3 Å². The second-order valence-corrected chi connectivity index (χ2v) is 11.6. The van der Waals surface area contributed by atoms with E-state index in [1.165, 1.54) is 81.3 Å². The van der Waals surface area contributed by atoms with Gasteiger partial charge in [-0.1, -0.05) is 18.6 Å². The molecule has 254 valence electrons. The van der Waals surface area contributed by atoms with Gasteiger partial charge in [-0.15, -0.1) is 0 Å². The number of aryl methyl sites for hydroxylation is 5. The third-order valence-electron chi connectivity index (χ3n) is 6.70. The van der Waals surface area contributed by atoms with E-state index >= 15 is 0 Å². The first kappa shape index (κ1) is 40.7. The molecule has 2 fully saturated rings. The molecule has 0 saturated carbocycles. The molecule has 0 spiro atoms. The second-order valence-electron chi connectivity index (χ2n) is 11.6. The van der Waals surface area contributed by atoms with Crippen molar-refractivity contribution in [3.63, 3.8) is 0 Å². The van der Waals surface area contributed by atoms with Crippen LogP contribution < -0.4 is 0 Å². The van der Waals surface area contributed by atoms with Crippen LogP contribution in [0.4, 0.5) is 0 Å². The van der Waals surface area contributed by atoms with Crippen molar-refractivity contribution < 1.29 is 0 Å². The first-order chi connectivity index (χ1) is 22.8. The normalized spacial score (nSPS) is 13.3. The van der Waals surface area contributed by atoms with Gasteiger partial charge in [0.25, 0.3) is 0 Å². The Morgan fingerprint density at radius 2 is 1.11 bits per heavy atom. The number of aromatic nitrogens is 7. The van der Waals surface area contributed by atoms with E-state index in [0.29, 0.717) is 0 Å². The van der Waals surface area contributed by atoms with E-state index in [0.717, 1.165) is 11.3 Å². The predicted molar refractivity (Wildman–Crippen MR) is 195 cm³/mol. The summed E-state index contributed by atoms with van der Waals surface area (Å²) in [4.78, 5) is 24.0. The van der Waals surface area contributed by atoms with Gasteiger partial charge in [0.05, 0.1) is 6.20 Å². The molecule has 0 bridgehead atoms. The molecule has 2 aliphatic rings. The molecule has 0 radical (unpaired) electrons. The van der Waals surface area contributed by atoms with E-state index in [2.05, 4.69) is 59.0 Å². The molecule has 7 heterocycles. The first-order valence-electron chi connectivity index (χ1n) is 16.4. The number of hydrogen-bond acceptors (Lipinski definition) is 8. The quantitative estimate of drug-likeness (QED) is 0.186. The Bertz CT molecular complexity index is 1160. The molecule has 0 unspecified atom stereocenters. The van der Waals surface area contributed by atoms with Crippen molar-refractivity contribution in [1.29, 1.82) is 0 Å². The molecular weight excluding hydrogens is 582 g/mol. The average molecular weight is 640 g/mol. The highest BCUT2D eigenvalue weighted by Crippen LogP contribution is 2.04. The SMILES string of the molecule is CN1CCCC1.CN1CCCCC1.Cc1ccccn1.Cc1cccnc1.Cc1ccncc1.Cc1cn[nH]c1.Cc1cncnc1. The van der Waals surface area contributed by atoms with Gasteiger partial charge < -0.3 is 9.80 Å². The summed E-state index contributed by atoms with van der Waals surface area (Å²) < 4.78 is 0. The molecule has 0 amide bonds. The summed E-state index contributed by atoms with van der Waals surface area (Å²) in [5.74, 6) is 0. The van der Waals surface area contributed by atoms with E-state index in [4.69, 9.17) is 0 Å². The van der Waals surface area contributed by atoms with E-state index in [-0.39, 0.29) is 0 Å². The van der Waals surface area contributed by atoms with Gasteiger partial charge in [0, 0.05) is 55.3 Å². The molecule has 2 saturated heterocycles. The van der Waals surface area contributed by atoms with Crippen molar-refractivity contribution in [3.8, 4) is 0 Å². The summed E-state index contributed by atoms with van der Waals surface area (Å²) in [5.41, 5.74) is 5.82. The van der Waals surface area contributed by atoms with Crippen molar-refractivity contribution in [2.45, 2.75) is 66.7 Å². The Balaban J connectivity index is 0.000000274. The Hall–Kier alpha value is -4.34. The lowest BCUT2D eigenvalue weighted by Gasteiger charge is -2.20. The van der Waals surface area contributed by atoms with E-state index in [9.17, 15) is 0 Å². The predicted octanol–water partition coefficient (Wildman–Crippen LogP) is 7.49. The van der Waals surface area contributed by atoms with Gasteiger partial charge in [-0.25, -0.2) is 9.97 Å². The highest BCUT2D eigenvalue weighted by molar-refractivity contribution is 5.06. The number of piperidine rings is 1. The molecular formula is C38H57N9. The summed E-state index contributed by atoms with van der Waals surface area (Å²) >= 11 is 0. The lowest BCUT2D eigenvalue weighted by atomic mass is 10.1. The van der Waals surface area contributed by atoms with E-state index < -0.39 is 0 Å². The standard InChI is InChI=1S/2C6H7N.C6H13N.C6H7N.C5H6N2.C5H11N.C4H6N2/c1-6-2-4-7-5-3-6;1-6-3-2-4-7-5-6;1-7-5-3-2-4-6-7;1-6-4-2-3-5-7-6;1-5-2-6-4-7-3-5;1-6-4-2-3-5-6;1-4-2-5-6-3-4/h2*2-5H,1H3;2-6H2,1H3;2-5H,1H3;2-4H,1H3;2-5H2,1H3;2-3H,1H3,(H,5,6). The first-order valence-corrected chi connectivity index (χ1v) is 16.4. The average Bonchev–Trinajstić information content (AvgIpc) is 3.78. The molecule has 5 aromatic heterocycles. The third-order valence-corrected chi connectivity index (χ3v) is 6.70. The van der Waals surface area contributed by atoms with Crippen LogP contribution >= 0.6 is 0 Å². The maximum Gasteiger partial charge on any atom is 0.115 e. The molecule has 9 nitrogen and oxygen atoms in total. The number of aromatic amines is 1. The van der Waals surface area contributed by atoms with Crippen LogP contribution in [0.5, 0.6) is 0 Å². The Labute approximate surface area is 284 Å². The maximum absolute atomic E-state index is 3.98. The van der Waals surface area contributed by atoms with Crippen molar-refractivity contribution in [1.82, 2.24) is 44.9 Å². The third kappa shape index (κ3) is 26.6. The zero-order valence-electron chi connectivity index (χ0n) is 29.8. The zero-order chi connectivity index (χ0) is 34.4. The van der Waals surface area contributed by atoms with Crippen molar-refractivity contribution >= 4 is 0 Å². The summed E-state index contributed by atoms with van der Waals surface area (Å²) in [6.07, 6.45) is 24.8. The molecule has 0 aromatic carbocycles. The molecule has 0 atom stereocenters. The molecule has 5 aromatic rings. The largest absolute Gasteiger partial charge is 0.306 e. The maximum atomic E-state index is 3.98. The molecule has 47 heavy (non-hydrogen) atoms. The number of rotatable bonds is 0. The highest BCUT2D eigenvalue weighted by atomic mass is 15.1. The van der Waals surface area contributed by atoms with Crippen LogP contribution in [0.25, 0.3) is 0 Å². The van der Waals surface area contributed by atoms with Crippen LogP contribution in [0.3, 0.4) is 0 Å². The van der Waals surface area contributed by atoms with Crippen molar-refractivity contribution in [3.05, 3.63) is 133 Å². The Morgan fingerprint density at radius 3 is 1.34 bits per heavy atom. The van der Waals surface area contributed by atoms with Gasteiger partial charge in [0.2, 0.25) is 0 Å². The number of nitrogens with one attached hydrogen (secondary N) is 1. The van der Waals surface area contributed by atoms with Crippen LogP contribution in [0.2, 0.25) is 0 Å². The van der Waals surface area contributed by atoms with Gasteiger partial charge in [-0.3, -0.25) is 20.1 Å². The van der Waals surface area contributed by atoms with Crippen LogP contribution in [0.15, 0.2) is 105 Å². The fourth-order valence-corrected chi connectivity index (χ4v) is 3.94. The molecule has 7 rings (SSSR count). The number of hydrogen-bond donors (Lipinski definition) is 1. The van der Waals surface area contributed by atoms with Crippen LogP contribution in [-0.2, 0) is 0 Å². The highest BCUT2D eigenvalue weighted by Gasteiger charge is 2.03. The Morgan fingerprint density at radius 1 is 0.511 bits per heavy atom. The molecule has 1 N–H and O–H groups in total. The molecule has 2 aliphatic heterocycles. The van der Waals surface area contributed by atoms with Gasteiger partial charge in [0.1, 0.15) is 6.33 Å². The lowest BCUT2D eigenvalue weighted by Crippen LogP contribution is -2.24. The summed E-state index contributed by atoms with van der Waals surface area (Å²) in [5, 5.41) is 6.38. The van der Waals surface area contributed by atoms with Gasteiger partial charge in [-0.05, 0) is 153 Å². The topological polar surface area (TPSA) is 99.6 Å². The fourth-order valence-electron chi connectivity index (χ4n) is 3.94. The number of likely N-dealkylation sites (tertiary alicyclic amines) is 2. The summed E-state index contributed by atoms with van der Waals surface area (Å²) in [6.45, 7) is 15.3. The number of nitrogens with zero attached hydrogens (tertiary/aromatic N) is 8. The molecule has 9 heteroatoms. The minimum atomic E-state index is 1.07. The van der Waals surface area contributed by atoms with Crippen LogP contribution in [0, 0.1) is 34.6 Å². The van der Waals surface area contributed by atoms with Gasteiger partial charge in [-0.2, -0.15) is 5.10 Å². The van der Waals surface area contributed by atoms with Crippen LogP contribution in [-0.4, -0.2) is 85.2 Å². The van der Waals surface area contributed by atoms with E-state index in [1.54, 1.807) is 43.4 Å². The van der Waals surface area contributed by atoms with Gasteiger partial charge >= 0.3 is 0 Å². The smallest absolute Gasteiger partial charge is 0.115 e. The Kier molecular flexibility index (Phi) is 24.2. The molecule has 0 aliphatic carbocycles.